The fraction of sp³-hybridized carbons (Fsp3) is 0.154. The van der Waals surface area contributed by atoms with Gasteiger partial charge in [0.2, 0.25) is 0 Å². The highest BCUT2D eigenvalue weighted by Crippen LogP contribution is 2.17. The second-order valence-electron chi connectivity index (χ2n) is 4.18. The number of hydrogen-bond acceptors (Lipinski definition) is 3. The highest BCUT2D eigenvalue weighted by atomic mass is 79.9. The van der Waals surface area contributed by atoms with Crippen LogP contribution in [-0.4, -0.2) is 27.0 Å². The molecule has 1 aromatic heterocycles. The maximum absolute atomic E-state index is 12.0. The van der Waals surface area contributed by atoms with Crippen molar-refractivity contribution in [2.75, 3.05) is 0 Å². The highest BCUT2D eigenvalue weighted by Gasteiger charge is 2.21. The molecule has 1 heterocycles. The zero-order chi connectivity index (χ0) is 14.7. The van der Waals surface area contributed by atoms with Gasteiger partial charge in [-0.15, -0.1) is 0 Å². The Morgan fingerprint density at radius 3 is 2.60 bits per heavy atom. The summed E-state index contributed by atoms with van der Waals surface area (Å²) in [5, 5.41) is 11.6. The molecule has 1 aromatic carbocycles. The molecule has 1 atom stereocenters. The van der Waals surface area contributed by atoms with Crippen LogP contribution in [0.15, 0.2) is 35.1 Å². The highest BCUT2D eigenvalue weighted by molar-refractivity contribution is 9.10. The third-order valence-electron chi connectivity index (χ3n) is 2.79. The molecule has 2 rings (SSSR count). The average Bonchev–Trinajstić information content (AvgIpc) is 2.88. The van der Waals surface area contributed by atoms with E-state index in [1.54, 1.807) is 0 Å². The van der Waals surface area contributed by atoms with E-state index in [4.69, 9.17) is 5.11 Å². The Kier molecular flexibility index (Phi) is 4.19. The van der Waals surface area contributed by atoms with E-state index >= 15 is 0 Å². The van der Waals surface area contributed by atoms with Gasteiger partial charge in [0.1, 0.15) is 0 Å². The third-order valence-corrected chi connectivity index (χ3v) is 3.31. The Balaban J connectivity index is 2.13. The van der Waals surface area contributed by atoms with Crippen LogP contribution < -0.4 is 5.32 Å². The fourth-order valence-corrected chi connectivity index (χ4v) is 1.99. The molecule has 6 nitrogen and oxygen atoms in total. The number of rotatable bonds is 4. The summed E-state index contributed by atoms with van der Waals surface area (Å²) in [5.74, 6) is -1.75. The van der Waals surface area contributed by atoms with Crippen LogP contribution in [0.3, 0.4) is 0 Å². The van der Waals surface area contributed by atoms with E-state index in [0.717, 1.165) is 10.0 Å². The van der Waals surface area contributed by atoms with E-state index in [9.17, 15) is 9.59 Å². The minimum absolute atomic E-state index is 0.124. The minimum Gasteiger partial charge on any atom is -0.477 e. The summed E-state index contributed by atoms with van der Waals surface area (Å²) >= 11 is 3.34. The van der Waals surface area contributed by atoms with Crippen LogP contribution in [0.25, 0.3) is 0 Å². The van der Waals surface area contributed by atoms with Crippen LogP contribution in [0, 0.1) is 0 Å². The molecule has 0 aliphatic rings. The van der Waals surface area contributed by atoms with Crippen molar-refractivity contribution < 1.29 is 14.7 Å². The zero-order valence-corrected chi connectivity index (χ0v) is 12.1. The third kappa shape index (κ3) is 3.05. The monoisotopic (exact) mass is 337 g/mol. The Hall–Kier alpha value is -2.15. The van der Waals surface area contributed by atoms with Gasteiger partial charge < -0.3 is 15.4 Å². The molecule has 0 aliphatic carbocycles. The number of carboxylic acid groups (broad SMARTS) is 1. The van der Waals surface area contributed by atoms with Gasteiger partial charge in [-0.25, -0.2) is 9.78 Å². The van der Waals surface area contributed by atoms with Gasteiger partial charge in [0.25, 0.3) is 5.91 Å². The van der Waals surface area contributed by atoms with E-state index in [1.807, 2.05) is 31.2 Å². The maximum Gasteiger partial charge on any atom is 0.354 e. The quantitative estimate of drug-likeness (QED) is 0.798. The van der Waals surface area contributed by atoms with Crippen molar-refractivity contribution in [1.29, 1.82) is 0 Å². The molecule has 1 unspecified atom stereocenters. The lowest BCUT2D eigenvalue weighted by Crippen LogP contribution is -2.28. The smallest absolute Gasteiger partial charge is 0.354 e. The van der Waals surface area contributed by atoms with E-state index < -0.39 is 11.9 Å². The number of nitrogens with zero attached hydrogens (tertiary/aromatic N) is 1. The molecule has 0 saturated heterocycles. The molecule has 0 radical (unpaired) electrons. The molecule has 0 aliphatic heterocycles. The van der Waals surface area contributed by atoms with Crippen LogP contribution in [0.5, 0.6) is 0 Å². The Labute approximate surface area is 123 Å². The van der Waals surface area contributed by atoms with E-state index in [0.29, 0.717) is 0 Å². The van der Waals surface area contributed by atoms with Crippen LogP contribution in [0.1, 0.15) is 39.5 Å². The first-order valence-corrected chi connectivity index (χ1v) is 6.61. The first-order valence-electron chi connectivity index (χ1n) is 5.82. The van der Waals surface area contributed by atoms with Gasteiger partial charge >= 0.3 is 5.97 Å². The molecule has 0 spiro atoms. The SMILES string of the molecule is CC(NC(=O)c1nc[nH]c1C(=O)O)c1ccc(Br)cc1. The summed E-state index contributed by atoms with van der Waals surface area (Å²) in [4.78, 5) is 29.1. The summed E-state index contributed by atoms with van der Waals surface area (Å²) in [6, 6.07) is 7.23. The van der Waals surface area contributed by atoms with Gasteiger partial charge in [0.15, 0.2) is 11.4 Å². The fourth-order valence-electron chi connectivity index (χ4n) is 1.73. The van der Waals surface area contributed by atoms with E-state index in [-0.39, 0.29) is 17.4 Å². The number of amides is 1. The van der Waals surface area contributed by atoms with Crippen molar-refractivity contribution in [2.24, 2.45) is 0 Å². The summed E-state index contributed by atoms with van der Waals surface area (Å²) in [7, 11) is 0. The number of H-pyrrole nitrogens is 1. The number of carbonyl (C=O) groups excluding carboxylic acids is 1. The summed E-state index contributed by atoms with van der Waals surface area (Å²) in [6.07, 6.45) is 1.18. The number of benzene rings is 1. The topological polar surface area (TPSA) is 95.1 Å². The van der Waals surface area contributed by atoms with Crippen molar-refractivity contribution >= 4 is 27.8 Å². The molecule has 1 amide bonds. The number of carboxylic acids is 1. The molecular weight excluding hydrogens is 326 g/mol. The molecule has 7 heteroatoms. The second-order valence-corrected chi connectivity index (χ2v) is 5.09. The van der Waals surface area contributed by atoms with Gasteiger partial charge in [-0.3, -0.25) is 4.79 Å². The molecule has 0 bridgehead atoms. The Morgan fingerprint density at radius 1 is 1.35 bits per heavy atom. The van der Waals surface area contributed by atoms with Crippen LogP contribution in [0.4, 0.5) is 0 Å². The Morgan fingerprint density at radius 2 is 2.00 bits per heavy atom. The first-order chi connectivity index (χ1) is 9.49. The molecular formula is C13H12BrN3O3. The van der Waals surface area contributed by atoms with Crippen LogP contribution >= 0.6 is 15.9 Å². The number of aromatic amines is 1. The normalized spacial score (nSPS) is 11.9. The molecule has 104 valence electrons. The van der Waals surface area contributed by atoms with Crippen molar-refractivity contribution in [1.82, 2.24) is 15.3 Å². The number of imidazole rings is 1. The van der Waals surface area contributed by atoms with Crippen molar-refractivity contribution in [3.63, 3.8) is 0 Å². The predicted molar refractivity (Wildman–Crippen MR) is 75.6 cm³/mol. The number of halogens is 1. The average molecular weight is 338 g/mol. The lowest BCUT2D eigenvalue weighted by molar-refractivity contribution is 0.0684. The number of carbonyl (C=O) groups is 2. The van der Waals surface area contributed by atoms with Crippen LogP contribution in [-0.2, 0) is 0 Å². The van der Waals surface area contributed by atoms with Crippen molar-refractivity contribution in [3.8, 4) is 0 Å². The predicted octanol–water partition coefficient (Wildman–Crippen LogP) is 2.36. The Bertz CT molecular complexity index is 637. The van der Waals surface area contributed by atoms with Gasteiger partial charge in [-0.05, 0) is 24.6 Å². The molecule has 0 fully saturated rings. The lowest BCUT2D eigenvalue weighted by atomic mass is 10.1. The number of aromatic carboxylic acids is 1. The molecule has 3 N–H and O–H groups in total. The molecule has 20 heavy (non-hydrogen) atoms. The summed E-state index contributed by atoms with van der Waals surface area (Å²) in [5.41, 5.74) is 0.570. The van der Waals surface area contributed by atoms with Gasteiger partial charge in [0.05, 0.1) is 12.4 Å². The van der Waals surface area contributed by atoms with Crippen molar-refractivity contribution in [3.05, 3.63) is 52.0 Å². The van der Waals surface area contributed by atoms with Gasteiger partial charge in [-0.1, -0.05) is 28.1 Å². The van der Waals surface area contributed by atoms with Gasteiger partial charge in [-0.2, -0.15) is 0 Å². The summed E-state index contributed by atoms with van der Waals surface area (Å²) in [6.45, 7) is 1.81. The van der Waals surface area contributed by atoms with Gasteiger partial charge in [0, 0.05) is 4.47 Å². The van der Waals surface area contributed by atoms with E-state index in [1.165, 1.54) is 6.33 Å². The summed E-state index contributed by atoms with van der Waals surface area (Å²) < 4.78 is 0.945. The number of hydrogen-bond donors (Lipinski definition) is 3. The zero-order valence-electron chi connectivity index (χ0n) is 10.6. The number of aromatic nitrogens is 2. The lowest BCUT2D eigenvalue weighted by Gasteiger charge is -2.13. The largest absolute Gasteiger partial charge is 0.477 e. The minimum atomic E-state index is -1.22. The van der Waals surface area contributed by atoms with Crippen LogP contribution in [0.2, 0.25) is 0 Å². The van der Waals surface area contributed by atoms with E-state index in [2.05, 4.69) is 31.2 Å². The molecule has 2 aromatic rings. The first kappa shape index (κ1) is 14.3. The van der Waals surface area contributed by atoms with Crippen molar-refractivity contribution in [2.45, 2.75) is 13.0 Å². The second kappa shape index (κ2) is 5.87. The maximum atomic E-state index is 12.0. The molecule has 0 saturated carbocycles. The standard InChI is InChI=1S/C13H12BrN3O3/c1-7(8-2-4-9(14)5-3-8)17-12(18)10-11(13(19)20)16-6-15-10/h2-7H,1H3,(H,15,16)(H,17,18)(H,19,20). The number of nitrogens with one attached hydrogen (secondary N) is 2.